The summed E-state index contributed by atoms with van der Waals surface area (Å²) >= 11 is 4.64. The first-order chi connectivity index (χ1) is 18.8. The largest absolute Gasteiger partial charge is 0.462 e. The van der Waals surface area contributed by atoms with E-state index in [-0.39, 0.29) is 12.4 Å². The maximum Gasteiger partial charge on any atom is 0.343 e. The second-order valence-electron chi connectivity index (χ2n) is 8.87. The average molecular weight is 613 g/mol. The number of amides is 2. The number of carbonyl (C=O) groups excluding carboxylic acids is 4. The Morgan fingerprint density at radius 2 is 1.87 bits per heavy atom. The molecule has 3 aromatic rings. The van der Waals surface area contributed by atoms with Gasteiger partial charge in [-0.25, -0.2) is 15.0 Å². The number of hydrogen-bond donors (Lipinski definition) is 2. The van der Waals surface area contributed by atoms with E-state index in [1.165, 1.54) is 17.6 Å². The number of carbonyl (C=O) groups is 4. The normalized spacial score (nSPS) is 14.4. The summed E-state index contributed by atoms with van der Waals surface area (Å²) in [7, 11) is 0. The molecule has 9 nitrogen and oxygen atoms in total. The Morgan fingerprint density at radius 3 is 2.62 bits per heavy atom. The summed E-state index contributed by atoms with van der Waals surface area (Å²) in [4.78, 5) is 51.3. The molecule has 1 aromatic heterocycles. The van der Waals surface area contributed by atoms with Crippen LogP contribution in [-0.4, -0.2) is 36.6 Å². The minimum atomic E-state index is -1.03. The van der Waals surface area contributed by atoms with Gasteiger partial charge in [0.15, 0.2) is 0 Å². The lowest BCUT2D eigenvalue weighted by atomic mass is 9.88. The number of esters is 2. The molecule has 0 saturated heterocycles. The first-order valence-electron chi connectivity index (χ1n) is 12.3. The Hall–Kier alpha value is -3.83. The lowest BCUT2D eigenvalue weighted by molar-refractivity contribution is -0.136. The number of hydrogen-bond acceptors (Lipinski definition) is 8. The van der Waals surface area contributed by atoms with Crippen molar-refractivity contribution in [1.29, 1.82) is 0 Å². The molecule has 4 rings (SSSR count). The van der Waals surface area contributed by atoms with Crippen LogP contribution >= 0.6 is 27.3 Å². The van der Waals surface area contributed by atoms with Crippen molar-refractivity contribution < 1.29 is 28.7 Å². The standard InChI is InChI=1S/C28H26BrN3O6S/c1-3-37-28(36)23-20-11-9-16(2)13-22(20)39-26(23)31-24(33)25(34)32-30-15-18-14-19(29)10-12-21(18)38-27(35)17-7-5-4-6-8-17/h4-8,10,12,14-16H,3,9,11,13H2,1-2H3,(H,31,33)(H,32,34)/b30-15-/t16-/m1/s1. The van der Waals surface area contributed by atoms with Gasteiger partial charge in [0.05, 0.1) is 23.9 Å². The summed E-state index contributed by atoms with van der Waals surface area (Å²) in [5.41, 5.74) is 4.12. The van der Waals surface area contributed by atoms with Crippen LogP contribution in [0.25, 0.3) is 0 Å². The molecule has 0 spiro atoms. The van der Waals surface area contributed by atoms with Crippen molar-refractivity contribution in [3.63, 3.8) is 0 Å². The van der Waals surface area contributed by atoms with E-state index < -0.39 is 23.8 Å². The van der Waals surface area contributed by atoms with Crippen molar-refractivity contribution >= 4 is 62.2 Å². The van der Waals surface area contributed by atoms with Crippen LogP contribution in [0.1, 0.15) is 57.0 Å². The quantitative estimate of drug-likeness (QED) is 0.126. The van der Waals surface area contributed by atoms with Crippen LogP contribution < -0.4 is 15.5 Å². The van der Waals surface area contributed by atoms with E-state index in [2.05, 4.69) is 38.7 Å². The summed E-state index contributed by atoms with van der Waals surface area (Å²) < 4.78 is 11.4. The Kier molecular flexibility index (Phi) is 9.26. The molecule has 1 atom stereocenters. The number of ether oxygens (including phenoxy) is 2. The van der Waals surface area contributed by atoms with Gasteiger partial charge in [-0.1, -0.05) is 41.1 Å². The smallest absolute Gasteiger partial charge is 0.343 e. The number of halogens is 1. The van der Waals surface area contributed by atoms with Crippen molar-refractivity contribution in [3.8, 4) is 5.75 Å². The summed E-state index contributed by atoms with van der Waals surface area (Å²) in [5.74, 6) is -2.41. The SMILES string of the molecule is CCOC(=O)c1c(NC(=O)C(=O)N/N=C\c2cc(Br)ccc2OC(=O)c2ccccc2)sc2c1CC[C@@H](C)C2. The van der Waals surface area contributed by atoms with Gasteiger partial charge in [-0.3, -0.25) is 9.59 Å². The highest BCUT2D eigenvalue weighted by molar-refractivity contribution is 9.10. The second-order valence-corrected chi connectivity index (χ2v) is 10.9. The van der Waals surface area contributed by atoms with E-state index >= 15 is 0 Å². The van der Waals surface area contributed by atoms with Crippen molar-refractivity contribution in [1.82, 2.24) is 5.43 Å². The molecule has 0 radical (unpaired) electrons. The number of nitrogens with zero attached hydrogens (tertiary/aromatic N) is 1. The highest BCUT2D eigenvalue weighted by atomic mass is 79.9. The molecule has 0 bridgehead atoms. The van der Waals surface area contributed by atoms with Crippen molar-refractivity contribution in [2.24, 2.45) is 11.0 Å². The molecule has 0 unspecified atom stereocenters. The molecule has 11 heteroatoms. The average Bonchev–Trinajstić information content (AvgIpc) is 3.27. The lowest BCUT2D eigenvalue weighted by Gasteiger charge is -2.18. The molecular weight excluding hydrogens is 586 g/mol. The van der Waals surface area contributed by atoms with E-state index in [0.29, 0.717) is 38.5 Å². The van der Waals surface area contributed by atoms with Crippen molar-refractivity contribution in [3.05, 3.63) is 80.1 Å². The van der Waals surface area contributed by atoms with Gasteiger partial charge in [-0.2, -0.15) is 5.10 Å². The fourth-order valence-electron chi connectivity index (χ4n) is 4.08. The van der Waals surface area contributed by atoms with Crippen LogP contribution in [0.2, 0.25) is 0 Å². The third-order valence-electron chi connectivity index (χ3n) is 5.98. The molecule has 0 fully saturated rings. The summed E-state index contributed by atoms with van der Waals surface area (Å²) in [5, 5.41) is 6.70. The number of fused-ring (bicyclic) bond motifs is 1. The number of rotatable bonds is 7. The third-order valence-corrected chi connectivity index (χ3v) is 7.64. The molecule has 2 aromatic carbocycles. The zero-order chi connectivity index (χ0) is 27.9. The van der Waals surface area contributed by atoms with Crippen LogP contribution in [0, 0.1) is 5.92 Å². The van der Waals surface area contributed by atoms with Crippen molar-refractivity contribution in [2.45, 2.75) is 33.1 Å². The minimum Gasteiger partial charge on any atom is -0.462 e. The number of anilines is 1. The van der Waals surface area contributed by atoms with Crippen LogP contribution in [0.5, 0.6) is 5.75 Å². The summed E-state index contributed by atoms with van der Waals surface area (Å²) in [6.45, 7) is 4.04. The van der Waals surface area contributed by atoms with Crippen LogP contribution in [0.15, 0.2) is 58.1 Å². The zero-order valence-electron chi connectivity index (χ0n) is 21.3. The van der Waals surface area contributed by atoms with E-state index in [1.54, 1.807) is 55.5 Å². The third kappa shape index (κ3) is 6.98. The van der Waals surface area contributed by atoms with Gasteiger partial charge in [0.25, 0.3) is 0 Å². The van der Waals surface area contributed by atoms with Gasteiger partial charge in [0, 0.05) is 14.9 Å². The molecular formula is C28H26BrN3O6S. The Balaban J connectivity index is 1.45. The molecule has 2 amide bonds. The number of thiophene rings is 1. The van der Waals surface area contributed by atoms with Gasteiger partial charge < -0.3 is 14.8 Å². The Bertz CT molecular complexity index is 1440. The van der Waals surface area contributed by atoms with Crippen LogP contribution in [-0.2, 0) is 27.2 Å². The fraction of sp³-hybridized carbons (Fsp3) is 0.250. The Morgan fingerprint density at radius 1 is 1.10 bits per heavy atom. The lowest BCUT2D eigenvalue weighted by Crippen LogP contribution is -2.32. The summed E-state index contributed by atoms with van der Waals surface area (Å²) in [6, 6.07) is 13.4. The van der Waals surface area contributed by atoms with Gasteiger partial charge in [-0.15, -0.1) is 11.3 Å². The zero-order valence-corrected chi connectivity index (χ0v) is 23.7. The number of nitrogens with one attached hydrogen (secondary N) is 2. The van der Waals surface area contributed by atoms with Gasteiger partial charge in [-0.05, 0) is 68.0 Å². The highest BCUT2D eigenvalue weighted by Crippen LogP contribution is 2.40. The molecule has 2 N–H and O–H groups in total. The number of benzene rings is 2. The number of hydrazone groups is 1. The van der Waals surface area contributed by atoms with Gasteiger partial charge in [0.1, 0.15) is 10.8 Å². The van der Waals surface area contributed by atoms with E-state index in [9.17, 15) is 19.2 Å². The first-order valence-corrected chi connectivity index (χ1v) is 13.9. The van der Waals surface area contributed by atoms with E-state index in [4.69, 9.17) is 9.47 Å². The first kappa shape index (κ1) is 28.2. The van der Waals surface area contributed by atoms with Crippen molar-refractivity contribution in [2.75, 3.05) is 11.9 Å². The molecule has 1 heterocycles. The molecule has 0 saturated carbocycles. The molecule has 202 valence electrons. The maximum absolute atomic E-state index is 12.7. The van der Waals surface area contributed by atoms with Gasteiger partial charge >= 0.3 is 23.8 Å². The second kappa shape index (κ2) is 12.8. The fourth-order valence-corrected chi connectivity index (χ4v) is 5.85. The predicted molar refractivity (Wildman–Crippen MR) is 151 cm³/mol. The monoisotopic (exact) mass is 611 g/mol. The minimum absolute atomic E-state index is 0.195. The molecule has 1 aliphatic rings. The maximum atomic E-state index is 12.7. The van der Waals surface area contributed by atoms with E-state index in [1.807, 2.05) is 0 Å². The highest BCUT2D eigenvalue weighted by Gasteiger charge is 2.30. The predicted octanol–water partition coefficient (Wildman–Crippen LogP) is 5.12. The Labute approximate surface area is 237 Å². The summed E-state index contributed by atoms with van der Waals surface area (Å²) in [6.07, 6.45) is 3.69. The molecule has 0 aliphatic heterocycles. The van der Waals surface area contributed by atoms with Crippen LogP contribution in [0.4, 0.5) is 5.00 Å². The van der Waals surface area contributed by atoms with E-state index in [0.717, 1.165) is 23.3 Å². The molecule has 1 aliphatic carbocycles. The molecule has 39 heavy (non-hydrogen) atoms. The topological polar surface area (TPSA) is 123 Å². The van der Waals surface area contributed by atoms with Gasteiger partial charge in [0.2, 0.25) is 0 Å². The van der Waals surface area contributed by atoms with Crippen LogP contribution in [0.3, 0.4) is 0 Å².